The second kappa shape index (κ2) is 7.03. The van der Waals surface area contributed by atoms with E-state index in [0.29, 0.717) is 12.0 Å². The van der Waals surface area contributed by atoms with Gasteiger partial charge in [-0.3, -0.25) is 14.9 Å². The zero-order valence-electron chi connectivity index (χ0n) is 14.3. The molecule has 4 rings (SSSR count). The normalized spacial score (nSPS) is 22.2. The Morgan fingerprint density at radius 3 is 2.52 bits per heavy atom. The molecule has 3 atom stereocenters. The Labute approximate surface area is 155 Å². The number of aromatic nitrogens is 2. The van der Waals surface area contributed by atoms with E-state index >= 15 is 0 Å². The van der Waals surface area contributed by atoms with Gasteiger partial charge in [-0.2, -0.15) is 5.10 Å². The second-order valence-electron chi connectivity index (χ2n) is 6.42. The van der Waals surface area contributed by atoms with Crippen LogP contribution in [0.1, 0.15) is 35.6 Å². The van der Waals surface area contributed by atoms with Crippen LogP contribution in [-0.4, -0.2) is 20.7 Å². The summed E-state index contributed by atoms with van der Waals surface area (Å²) in [5, 5.41) is 15.7. The van der Waals surface area contributed by atoms with Gasteiger partial charge < -0.3 is 4.74 Å². The number of hydrogen-bond donors (Lipinski definition) is 0. The van der Waals surface area contributed by atoms with Gasteiger partial charge in [-0.05, 0) is 11.6 Å². The Morgan fingerprint density at radius 2 is 1.81 bits per heavy atom. The van der Waals surface area contributed by atoms with E-state index in [1.54, 1.807) is 41.3 Å². The number of benzene rings is 2. The second-order valence-corrected chi connectivity index (χ2v) is 6.42. The minimum Gasteiger partial charge on any atom is -0.439 e. The summed E-state index contributed by atoms with van der Waals surface area (Å²) in [5.74, 6) is -1.49. The van der Waals surface area contributed by atoms with Crippen LogP contribution < -0.4 is 0 Å². The molecular formula is C20H17N3O4. The number of ether oxygens (including phenoxy) is 1. The van der Waals surface area contributed by atoms with Crippen molar-refractivity contribution in [3.63, 3.8) is 0 Å². The fraction of sp³-hybridized carbons (Fsp3) is 0.200. The van der Waals surface area contributed by atoms with Gasteiger partial charge in [-0.25, -0.2) is 4.68 Å². The van der Waals surface area contributed by atoms with Crippen molar-refractivity contribution in [3.8, 4) is 0 Å². The first-order valence-electron chi connectivity index (χ1n) is 8.63. The fourth-order valence-electron chi connectivity index (χ4n) is 3.68. The van der Waals surface area contributed by atoms with Gasteiger partial charge in [0.05, 0.1) is 10.8 Å². The lowest BCUT2D eigenvalue weighted by Gasteiger charge is -2.35. The third kappa shape index (κ3) is 3.19. The van der Waals surface area contributed by atoms with Gasteiger partial charge in [-0.15, -0.1) is 0 Å². The largest absolute Gasteiger partial charge is 0.439 e. The quantitative estimate of drug-likeness (QED) is 0.400. The summed E-state index contributed by atoms with van der Waals surface area (Å²) in [6.45, 7) is 0. The van der Waals surface area contributed by atoms with Crippen LogP contribution in [0.2, 0.25) is 0 Å². The molecule has 1 aliphatic rings. The van der Waals surface area contributed by atoms with E-state index in [-0.39, 0.29) is 11.6 Å². The Bertz CT molecular complexity index is 956. The number of nitro benzene ring substituents is 1. The van der Waals surface area contributed by atoms with Gasteiger partial charge in [0.1, 0.15) is 0 Å². The van der Waals surface area contributed by atoms with Crippen LogP contribution in [0.5, 0.6) is 0 Å². The third-order valence-corrected chi connectivity index (χ3v) is 4.88. The molecule has 0 aliphatic carbocycles. The maximum absolute atomic E-state index is 13.0. The van der Waals surface area contributed by atoms with Gasteiger partial charge >= 0.3 is 5.97 Å². The van der Waals surface area contributed by atoms with Gasteiger partial charge in [0.2, 0.25) is 0 Å². The van der Waals surface area contributed by atoms with Crippen LogP contribution in [0.3, 0.4) is 0 Å². The SMILES string of the molecule is O=C1O[C@@H](n2cccn2)C[C@@H](c2ccccc2)[C@@H]1c1ccccc1[N+](=O)[O-]. The van der Waals surface area contributed by atoms with Crippen molar-refractivity contribution in [3.05, 3.63) is 94.3 Å². The van der Waals surface area contributed by atoms with Crippen LogP contribution >= 0.6 is 0 Å². The number of nitrogens with zero attached hydrogens (tertiary/aromatic N) is 3. The first-order chi connectivity index (χ1) is 13.1. The van der Waals surface area contributed by atoms with E-state index in [9.17, 15) is 14.9 Å². The Kier molecular flexibility index (Phi) is 4.42. The predicted octanol–water partition coefficient (Wildman–Crippen LogP) is 3.80. The van der Waals surface area contributed by atoms with Gasteiger partial charge in [0, 0.05) is 36.4 Å². The molecule has 1 aliphatic heterocycles. The topological polar surface area (TPSA) is 87.3 Å². The van der Waals surface area contributed by atoms with E-state index in [1.165, 1.54) is 6.07 Å². The number of cyclic esters (lactones) is 1. The van der Waals surface area contributed by atoms with E-state index < -0.39 is 23.0 Å². The van der Waals surface area contributed by atoms with Crippen molar-refractivity contribution in [1.82, 2.24) is 9.78 Å². The summed E-state index contributed by atoms with van der Waals surface area (Å²) < 4.78 is 7.22. The van der Waals surface area contributed by atoms with Crippen LogP contribution in [0.15, 0.2) is 73.1 Å². The zero-order valence-corrected chi connectivity index (χ0v) is 14.3. The molecule has 0 amide bonds. The monoisotopic (exact) mass is 363 g/mol. The maximum atomic E-state index is 13.0. The van der Waals surface area contributed by atoms with Crippen molar-refractivity contribution >= 4 is 11.7 Å². The lowest BCUT2D eigenvalue weighted by atomic mass is 9.77. The van der Waals surface area contributed by atoms with Gasteiger partial charge in [-0.1, -0.05) is 48.5 Å². The minimum absolute atomic E-state index is 0.0714. The predicted molar refractivity (Wildman–Crippen MR) is 97.0 cm³/mol. The average Bonchev–Trinajstić information content (AvgIpc) is 3.23. The molecule has 136 valence electrons. The number of nitro groups is 1. The molecule has 1 saturated heterocycles. The van der Waals surface area contributed by atoms with Crippen LogP contribution in [-0.2, 0) is 9.53 Å². The lowest BCUT2D eigenvalue weighted by Crippen LogP contribution is -2.34. The zero-order chi connectivity index (χ0) is 18.8. The van der Waals surface area contributed by atoms with Crippen molar-refractivity contribution in [2.75, 3.05) is 0 Å². The van der Waals surface area contributed by atoms with Gasteiger partial charge in [0.25, 0.3) is 5.69 Å². The standard InChI is InChI=1S/C20H17N3O4/c24-20-19(15-9-4-5-10-17(15)23(25)26)16(14-7-2-1-3-8-14)13-18(27-20)22-12-6-11-21-22/h1-12,16,18-19H,13H2/t16-,18+,19-/m0/s1. The lowest BCUT2D eigenvalue weighted by molar-refractivity contribution is -0.385. The number of carbonyl (C=O) groups is 1. The molecular weight excluding hydrogens is 346 g/mol. The highest BCUT2D eigenvalue weighted by atomic mass is 16.6. The fourth-order valence-corrected chi connectivity index (χ4v) is 3.68. The van der Waals surface area contributed by atoms with Crippen LogP contribution in [0.25, 0.3) is 0 Å². The Hall–Kier alpha value is -3.48. The van der Waals surface area contributed by atoms with Gasteiger partial charge in [0.15, 0.2) is 6.23 Å². The molecule has 2 aromatic carbocycles. The van der Waals surface area contributed by atoms with Crippen molar-refractivity contribution in [2.24, 2.45) is 0 Å². The average molecular weight is 363 g/mol. The highest BCUT2D eigenvalue weighted by Crippen LogP contribution is 2.46. The maximum Gasteiger partial charge on any atom is 0.316 e. The number of carbonyl (C=O) groups excluding carboxylic acids is 1. The molecule has 1 aromatic heterocycles. The molecule has 3 aromatic rings. The van der Waals surface area contributed by atoms with E-state index in [4.69, 9.17) is 4.74 Å². The molecule has 7 nitrogen and oxygen atoms in total. The first-order valence-corrected chi connectivity index (χ1v) is 8.63. The molecule has 27 heavy (non-hydrogen) atoms. The summed E-state index contributed by atoms with van der Waals surface area (Å²) in [4.78, 5) is 24.0. The van der Waals surface area contributed by atoms with Crippen LogP contribution in [0.4, 0.5) is 5.69 Å². The summed E-state index contributed by atoms with van der Waals surface area (Å²) in [5.41, 5.74) is 1.24. The highest BCUT2D eigenvalue weighted by Gasteiger charge is 2.43. The van der Waals surface area contributed by atoms with Crippen molar-refractivity contribution in [1.29, 1.82) is 0 Å². The number of esters is 1. The van der Waals surface area contributed by atoms with Crippen molar-refractivity contribution < 1.29 is 14.5 Å². The molecule has 0 bridgehead atoms. The summed E-state index contributed by atoms with van der Waals surface area (Å²) >= 11 is 0. The smallest absolute Gasteiger partial charge is 0.316 e. The molecule has 7 heteroatoms. The summed E-state index contributed by atoms with van der Waals surface area (Å²) in [6, 6.07) is 17.7. The summed E-state index contributed by atoms with van der Waals surface area (Å²) in [6.07, 6.45) is 3.30. The molecule has 0 N–H and O–H groups in total. The van der Waals surface area contributed by atoms with E-state index in [0.717, 1.165) is 5.56 Å². The van der Waals surface area contributed by atoms with Crippen molar-refractivity contribution in [2.45, 2.75) is 24.5 Å². The Balaban J connectivity index is 1.80. The number of hydrogen-bond acceptors (Lipinski definition) is 5. The third-order valence-electron chi connectivity index (χ3n) is 4.88. The number of rotatable bonds is 4. The highest BCUT2D eigenvalue weighted by molar-refractivity contribution is 5.82. The Morgan fingerprint density at radius 1 is 1.07 bits per heavy atom. The molecule has 0 spiro atoms. The molecule has 0 radical (unpaired) electrons. The van der Waals surface area contributed by atoms with Crippen LogP contribution in [0, 0.1) is 10.1 Å². The molecule has 0 saturated carbocycles. The molecule has 1 fully saturated rings. The molecule has 2 heterocycles. The molecule has 0 unspecified atom stereocenters. The van der Waals surface area contributed by atoms with E-state index in [1.807, 2.05) is 30.3 Å². The number of para-hydroxylation sites is 1. The first kappa shape index (κ1) is 17.0. The van der Waals surface area contributed by atoms with E-state index in [2.05, 4.69) is 5.10 Å². The summed E-state index contributed by atoms with van der Waals surface area (Å²) in [7, 11) is 0. The minimum atomic E-state index is -0.749.